The van der Waals surface area contributed by atoms with Gasteiger partial charge in [0.05, 0.1) is 17.2 Å². The molecule has 7 nitrogen and oxygen atoms in total. The lowest BCUT2D eigenvalue weighted by Crippen LogP contribution is -2.21. The lowest BCUT2D eigenvalue weighted by atomic mass is 9.80. The Morgan fingerprint density at radius 3 is 2.53 bits per heavy atom. The number of H-pyrrole nitrogens is 1. The molecule has 178 valence electrons. The van der Waals surface area contributed by atoms with Crippen LogP contribution in [-0.4, -0.2) is 35.1 Å². The lowest BCUT2D eigenvalue weighted by Gasteiger charge is -2.30. The second kappa shape index (κ2) is 8.62. The highest BCUT2D eigenvalue weighted by Gasteiger charge is 2.27. The number of fused-ring (bicyclic) bond motifs is 1. The zero-order chi connectivity index (χ0) is 24.0. The number of pyridine rings is 1. The van der Waals surface area contributed by atoms with Gasteiger partial charge in [0.15, 0.2) is 11.6 Å². The Morgan fingerprint density at radius 1 is 1.09 bits per heavy atom. The summed E-state index contributed by atoms with van der Waals surface area (Å²) in [6.45, 7) is 10.2. The molecule has 1 aliphatic carbocycles. The van der Waals surface area contributed by atoms with Crippen molar-refractivity contribution in [3.05, 3.63) is 47.8 Å². The molecule has 7 heteroatoms. The number of hydrogen-bond donors (Lipinski definition) is 2. The molecule has 1 aromatic carbocycles. The summed E-state index contributed by atoms with van der Waals surface area (Å²) in [5.74, 6) is 2.72. The van der Waals surface area contributed by atoms with Gasteiger partial charge in [-0.2, -0.15) is 10.2 Å². The molecule has 0 amide bonds. The summed E-state index contributed by atoms with van der Waals surface area (Å²) >= 11 is 0. The van der Waals surface area contributed by atoms with Crippen LogP contribution >= 0.6 is 0 Å². The molecule has 0 unspecified atom stereocenters. The quantitative estimate of drug-likeness (QED) is 0.394. The minimum atomic E-state index is -1.06. The van der Waals surface area contributed by atoms with Crippen molar-refractivity contribution in [2.24, 2.45) is 11.8 Å². The molecule has 1 aliphatic rings. The van der Waals surface area contributed by atoms with Crippen LogP contribution in [0.3, 0.4) is 0 Å². The minimum absolute atomic E-state index is 0.430. The summed E-state index contributed by atoms with van der Waals surface area (Å²) in [5, 5.41) is 24.4. The number of nitrogens with one attached hydrogen (secondary N) is 1. The van der Waals surface area contributed by atoms with Crippen molar-refractivity contribution in [2.45, 2.75) is 71.9 Å². The molecule has 2 N–H and O–H groups in total. The van der Waals surface area contributed by atoms with Crippen LogP contribution in [0.2, 0.25) is 0 Å². The first kappa shape index (κ1) is 22.7. The molecule has 3 heterocycles. The number of benzene rings is 1. The van der Waals surface area contributed by atoms with Crippen molar-refractivity contribution >= 4 is 10.9 Å². The third kappa shape index (κ3) is 4.37. The molecule has 4 aromatic rings. The van der Waals surface area contributed by atoms with Gasteiger partial charge in [-0.15, -0.1) is 0 Å². The summed E-state index contributed by atoms with van der Waals surface area (Å²) in [4.78, 5) is 9.27. The van der Waals surface area contributed by atoms with Crippen molar-refractivity contribution in [2.75, 3.05) is 0 Å². The van der Waals surface area contributed by atoms with Gasteiger partial charge >= 0.3 is 0 Å². The van der Waals surface area contributed by atoms with Crippen LogP contribution in [0, 0.1) is 18.8 Å². The highest BCUT2D eigenvalue weighted by atomic mass is 16.3. The fourth-order valence-corrected chi connectivity index (χ4v) is 5.17. The first-order chi connectivity index (χ1) is 16.2. The minimum Gasteiger partial charge on any atom is -0.386 e. The molecule has 5 rings (SSSR count). The van der Waals surface area contributed by atoms with E-state index in [1.54, 1.807) is 13.8 Å². The van der Waals surface area contributed by atoms with Gasteiger partial charge in [0, 0.05) is 22.8 Å². The highest BCUT2D eigenvalue weighted by molar-refractivity contribution is 5.85. The number of aryl methyl sites for hydroxylation is 1. The molecule has 0 atom stereocenters. The Hall–Kier alpha value is -3.06. The Kier molecular flexibility index (Phi) is 5.76. The maximum Gasteiger partial charge on any atom is 0.181 e. The van der Waals surface area contributed by atoms with Crippen LogP contribution in [0.25, 0.3) is 33.8 Å². The topological polar surface area (TPSA) is 92.5 Å². The van der Waals surface area contributed by atoms with Crippen molar-refractivity contribution in [3.8, 4) is 22.9 Å². The molecule has 0 spiro atoms. The van der Waals surface area contributed by atoms with Crippen molar-refractivity contribution in [1.29, 1.82) is 0 Å². The van der Waals surface area contributed by atoms with E-state index >= 15 is 0 Å². The number of aromatic nitrogens is 6. The Bertz CT molecular complexity index is 1300. The van der Waals surface area contributed by atoms with Crippen LogP contribution in [-0.2, 0) is 5.60 Å². The van der Waals surface area contributed by atoms with Crippen LogP contribution in [0.5, 0.6) is 0 Å². The van der Waals surface area contributed by atoms with Gasteiger partial charge in [0.25, 0.3) is 0 Å². The second-order valence-electron chi connectivity index (χ2n) is 10.6. The normalized spacial score (nSPS) is 19.3. The Labute approximate surface area is 200 Å². The van der Waals surface area contributed by atoms with Gasteiger partial charge in [-0.3, -0.25) is 9.78 Å². The molecule has 1 fully saturated rings. The van der Waals surface area contributed by atoms with Gasteiger partial charge in [-0.25, -0.2) is 9.97 Å². The van der Waals surface area contributed by atoms with E-state index in [9.17, 15) is 5.11 Å². The zero-order valence-electron chi connectivity index (χ0n) is 20.7. The molecular weight excluding hydrogens is 424 g/mol. The van der Waals surface area contributed by atoms with Crippen LogP contribution in [0.1, 0.15) is 70.7 Å². The van der Waals surface area contributed by atoms with Gasteiger partial charge in [-0.1, -0.05) is 19.9 Å². The van der Waals surface area contributed by atoms with E-state index < -0.39 is 5.60 Å². The number of aromatic amines is 1. The SMILES string of the molecule is Cc1cccc(-c2nc(-c3cc4cn(C5CCC(C(C)C)CC5)nc4cc3C(C)(C)O)n[nH]2)n1. The standard InChI is InChI=1S/C27H34N6O/c1-16(2)18-9-11-20(12-10-18)33-15-19-13-21(22(27(4,5)34)14-24(19)32-33)25-29-26(31-30-25)23-8-6-7-17(3)28-23/h6-8,13-16,18,20,34H,9-12H2,1-5H3,(H,29,30,31). The molecule has 0 radical (unpaired) electrons. The third-order valence-electron chi connectivity index (χ3n) is 7.24. The number of nitrogens with zero attached hydrogens (tertiary/aromatic N) is 5. The molecule has 34 heavy (non-hydrogen) atoms. The summed E-state index contributed by atoms with van der Waals surface area (Å²) in [6.07, 6.45) is 6.98. The summed E-state index contributed by atoms with van der Waals surface area (Å²) in [7, 11) is 0. The maximum absolute atomic E-state index is 11.0. The zero-order valence-corrected chi connectivity index (χ0v) is 20.7. The van der Waals surface area contributed by atoms with E-state index in [0.717, 1.165) is 58.1 Å². The molecule has 0 aliphatic heterocycles. The van der Waals surface area contributed by atoms with E-state index in [-0.39, 0.29) is 0 Å². The fraction of sp³-hybridized carbons (Fsp3) is 0.481. The predicted octanol–water partition coefficient (Wildman–Crippen LogP) is 5.81. The van der Waals surface area contributed by atoms with Gasteiger partial charge in [0.1, 0.15) is 5.69 Å². The average Bonchev–Trinajstić information content (AvgIpc) is 3.45. The van der Waals surface area contributed by atoms with Crippen LogP contribution in [0.15, 0.2) is 36.5 Å². The van der Waals surface area contributed by atoms with Crippen molar-refractivity contribution < 1.29 is 5.11 Å². The van der Waals surface area contributed by atoms with Gasteiger partial charge in [-0.05, 0) is 88.1 Å². The first-order valence-corrected chi connectivity index (χ1v) is 12.3. The summed E-state index contributed by atoms with van der Waals surface area (Å²) in [6, 6.07) is 10.3. The van der Waals surface area contributed by atoms with E-state index in [4.69, 9.17) is 10.1 Å². The van der Waals surface area contributed by atoms with Crippen LogP contribution in [0.4, 0.5) is 0 Å². The van der Waals surface area contributed by atoms with Gasteiger partial charge in [0.2, 0.25) is 0 Å². The molecule has 0 saturated heterocycles. The molecule has 3 aromatic heterocycles. The van der Waals surface area contributed by atoms with Crippen molar-refractivity contribution in [1.82, 2.24) is 29.9 Å². The van der Waals surface area contributed by atoms with E-state index in [1.165, 1.54) is 12.8 Å². The van der Waals surface area contributed by atoms with Crippen molar-refractivity contribution in [3.63, 3.8) is 0 Å². The molecule has 0 bridgehead atoms. The average molecular weight is 459 g/mol. The van der Waals surface area contributed by atoms with Gasteiger partial charge < -0.3 is 5.11 Å². The summed E-state index contributed by atoms with van der Waals surface area (Å²) in [5.41, 5.74) is 3.06. The van der Waals surface area contributed by atoms with E-state index in [2.05, 4.69) is 46.0 Å². The third-order valence-corrected chi connectivity index (χ3v) is 7.24. The number of aliphatic hydroxyl groups is 1. The predicted molar refractivity (Wildman–Crippen MR) is 134 cm³/mol. The number of hydrogen-bond acceptors (Lipinski definition) is 5. The smallest absolute Gasteiger partial charge is 0.181 e. The van der Waals surface area contributed by atoms with E-state index in [1.807, 2.05) is 31.2 Å². The Morgan fingerprint density at radius 2 is 1.85 bits per heavy atom. The largest absolute Gasteiger partial charge is 0.386 e. The van der Waals surface area contributed by atoms with E-state index in [0.29, 0.717) is 17.7 Å². The highest BCUT2D eigenvalue weighted by Crippen LogP contribution is 2.38. The molecular formula is C27H34N6O. The van der Waals surface area contributed by atoms with Crippen LogP contribution < -0.4 is 0 Å². The first-order valence-electron chi connectivity index (χ1n) is 12.3. The monoisotopic (exact) mass is 458 g/mol. The molecule has 1 saturated carbocycles. The number of rotatable bonds is 5. The fourth-order valence-electron chi connectivity index (χ4n) is 5.17. The maximum atomic E-state index is 11.0. The Balaban J connectivity index is 1.52. The lowest BCUT2D eigenvalue weighted by molar-refractivity contribution is 0.0793. The second-order valence-corrected chi connectivity index (χ2v) is 10.6. The summed E-state index contributed by atoms with van der Waals surface area (Å²) < 4.78 is 2.14.